The lowest BCUT2D eigenvalue weighted by Gasteiger charge is -2.26. The smallest absolute Gasteiger partial charge is 0.338 e. The lowest BCUT2D eigenvalue weighted by Crippen LogP contribution is -2.40. The number of carbonyl (C=O) groups is 2. The van der Waals surface area contributed by atoms with E-state index in [1.807, 2.05) is 60.7 Å². The molecular weight excluding hydrogens is 600 g/mol. The number of hydrogen-bond acceptors (Lipinski definition) is 8. The molecule has 0 saturated carbocycles. The Morgan fingerprint density at radius 2 is 1.70 bits per heavy atom. The van der Waals surface area contributed by atoms with Gasteiger partial charge >= 0.3 is 11.9 Å². The summed E-state index contributed by atoms with van der Waals surface area (Å²) < 4.78 is 18.5. The van der Waals surface area contributed by atoms with Gasteiger partial charge in [-0.25, -0.2) is 14.6 Å². The maximum Gasteiger partial charge on any atom is 0.338 e. The Hall–Kier alpha value is -5.28. The topological polar surface area (TPSA) is 100 Å². The Bertz CT molecular complexity index is 2140. The molecule has 1 aliphatic heterocycles. The fourth-order valence-corrected chi connectivity index (χ4v) is 6.43. The van der Waals surface area contributed by atoms with E-state index < -0.39 is 18.0 Å². The van der Waals surface area contributed by atoms with E-state index in [1.165, 1.54) is 18.4 Å². The SMILES string of the molecule is CCOC(=O)C1=C(c2ccccc2)N=c2s/c(=C\c3ccc(-c4cccc(C(=O)OC)c4)o3)c(=O)n2[C@H]1c1ccc(C(C)C)cc1. The molecule has 0 aliphatic carbocycles. The average molecular weight is 633 g/mol. The van der Waals surface area contributed by atoms with Crippen molar-refractivity contribution in [1.82, 2.24) is 4.57 Å². The summed E-state index contributed by atoms with van der Waals surface area (Å²) >= 11 is 1.22. The van der Waals surface area contributed by atoms with E-state index in [0.717, 1.165) is 16.7 Å². The minimum absolute atomic E-state index is 0.178. The molecule has 2 aromatic heterocycles. The number of benzene rings is 3. The van der Waals surface area contributed by atoms with Crippen molar-refractivity contribution in [2.45, 2.75) is 32.7 Å². The van der Waals surface area contributed by atoms with E-state index in [1.54, 1.807) is 47.9 Å². The molecule has 1 atom stereocenters. The Morgan fingerprint density at radius 3 is 2.39 bits per heavy atom. The molecule has 1 aliphatic rings. The fourth-order valence-electron chi connectivity index (χ4n) is 5.45. The summed E-state index contributed by atoms with van der Waals surface area (Å²) in [6.07, 6.45) is 1.67. The van der Waals surface area contributed by atoms with Crippen molar-refractivity contribution in [1.29, 1.82) is 0 Å². The molecule has 0 N–H and O–H groups in total. The van der Waals surface area contributed by atoms with Crippen LogP contribution in [0.15, 0.2) is 111 Å². The number of methoxy groups -OCH3 is 1. The normalized spacial score (nSPS) is 14.6. The molecule has 5 aromatic rings. The van der Waals surface area contributed by atoms with Crippen LogP contribution >= 0.6 is 11.3 Å². The molecule has 0 amide bonds. The maximum absolute atomic E-state index is 14.2. The minimum Gasteiger partial charge on any atom is -0.465 e. The van der Waals surface area contributed by atoms with Gasteiger partial charge in [-0.15, -0.1) is 0 Å². The van der Waals surface area contributed by atoms with E-state index in [0.29, 0.717) is 49.2 Å². The van der Waals surface area contributed by atoms with Crippen molar-refractivity contribution in [2.75, 3.05) is 13.7 Å². The van der Waals surface area contributed by atoms with Crippen LogP contribution in [0.4, 0.5) is 0 Å². The summed E-state index contributed by atoms with van der Waals surface area (Å²) in [5.74, 6) is 0.331. The quantitative estimate of drug-likeness (QED) is 0.192. The minimum atomic E-state index is -0.762. The molecule has 232 valence electrons. The molecule has 8 nitrogen and oxygen atoms in total. The summed E-state index contributed by atoms with van der Waals surface area (Å²) in [7, 11) is 1.33. The van der Waals surface area contributed by atoms with E-state index in [9.17, 15) is 14.4 Å². The summed E-state index contributed by atoms with van der Waals surface area (Å²) in [5.41, 5.74) is 4.23. The van der Waals surface area contributed by atoms with Crippen molar-refractivity contribution in [3.63, 3.8) is 0 Å². The van der Waals surface area contributed by atoms with Crippen LogP contribution in [0.1, 0.15) is 65.5 Å². The van der Waals surface area contributed by atoms with Crippen molar-refractivity contribution >= 4 is 35.0 Å². The van der Waals surface area contributed by atoms with Gasteiger partial charge in [0, 0.05) is 17.2 Å². The van der Waals surface area contributed by atoms with Crippen molar-refractivity contribution in [3.05, 3.63) is 144 Å². The van der Waals surface area contributed by atoms with Gasteiger partial charge in [-0.2, -0.15) is 0 Å². The number of esters is 2. The number of nitrogens with zero attached hydrogens (tertiary/aromatic N) is 2. The molecule has 0 spiro atoms. The Balaban J connectivity index is 1.52. The van der Waals surface area contributed by atoms with Gasteiger partial charge in [0.15, 0.2) is 4.80 Å². The number of thiazole rings is 1. The molecule has 6 rings (SSSR count). The molecule has 0 radical (unpaired) electrons. The van der Waals surface area contributed by atoms with Crippen LogP contribution in [0.25, 0.3) is 23.1 Å². The fraction of sp³-hybridized carbons (Fsp3) is 0.189. The number of ether oxygens (including phenoxy) is 2. The van der Waals surface area contributed by atoms with Gasteiger partial charge in [0.2, 0.25) is 0 Å². The van der Waals surface area contributed by atoms with Crippen LogP contribution < -0.4 is 14.9 Å². The van der Waals surface area contributed by atoms with Crippen LogP contribution in [0.5, 0.6) is 0 Å². The monoisotopic (exact) mass is 632 g/mol. The second-order valence-corrected chi connectivity index (χ2v) is 12.0. The zero-order chi connectivity index (χ0) is 32.4. The third-order valence-electron chi connectivity index (χ3n) is 7.76. The zero-order valence-corrected chi connectivity index (χ0v) is 26.7. The first-order valence-electron chi connectivity index (χ1n) is 15.0. The molecule has 3 aromatic carbocycles. The van der Waals surface area contributed by atoms with Gasteiger partial charge in [0.05, 0.1) is 41.1 Å². The number of fused-ring (bicyclic) bond motifs is 1. The molecule has 0 fully saturated rings. The molecule has 0 unspecified atom stereocenters. The van der Waals surface area contributed by atoms with Crippen LogP contribution in [0, 0.1) is 0 Å². The van der Waals surface area contributed by atoms with Gasteiger partial charge in [-0.3, -0.25) is 9.36 Å². The highest BCUT2D eigenvalue weighted by Gasteiger charge is 2.35. The zero-order valence-electron chi connectivity index (χ0n) is 25.9. The second kappa shape index (κ2) is 13.0. The summed E-state index contributed by atoms with van der Waals surface area (Å²) in [6.45, 7) is 6.17. The Labute approximate surface area is 269 Å². The van der Waals surface area contributed by atoms with Gasteiger partial charge in [0.1, 0.15) is 11.5 Å². The van der Waals surface area contributed by atoms with Gasteiger partial charge in [0.25, 0.3) is 5.56 Å². The highest BCUT2D eigenvalue weighted by molar-refractivity contribution is 7.07. The summed E-state index contributed by atoms with van der Waals surface area (Å²) in [6, 6.07) is 27.2. The molecular formula is C37H32N2O6S. The van der Waals surface area contributed by atoms with Crippen molar-refractivity contribution in [3.8, 4) is 11.3 Å². The van der Waals surface area contributed by atoms with E-state index >= 15 is 0 Å². The van der Waals surface area contributed by atoms with E-state index in [2.05, 4.69) is 13.8 Å². The van der Waals surface area contributed by atoms with E-state index in [4.69, 9.17) is 18.9 Å². The van der Waals surface area contributed by atoms with E-state index in [-0.39, 0.29) is 12.2 Å². The maximum atomic E-state index is 14.2. The molecule has 0 bridgehead atoms. The number of aromatic nitrogens is 1. The van der Waals surface area contributed by atoms with Gasteiger partial charge in [-0.1, -0.05) is 91.9 Å². The molecule has 0 saturated heterocycles. The summed E-state index contributed by atoms with van der Waals surface area (Å²) in [4.78, 5) is 45.3. The van der Waals surface area contributed by atoms with Crippen molar-refractivity contribution in [2.24, 2.45) is 4.99 Å². The Kier molecular flexibility index (Phi) is 8.68. The van der Waals surface area contributed by atoms with Gasteiger partial charge in [-0.05, 0) is 48.2 Å². The van der Waals surface area contributed by atoms with Crippen LogP contribution in [0.2, 0.25) is 0 Å². The number of furan rings is 1. The largest absolute Gasteiger partial charge is 0.465 e. The first-order chi connectivity index (χ1) is 22.3. The lowest BCUT2D eigenvalue weighted by atomic mass is 9.91. The second-order valence-electron chi connectivity index (χ2n) is 11.0. The molecule has 3 heterocycles. The molecule has 46 heavy (non-hydrogen) atoms. The highest BCUT2D eigenvalue weighted by Crippen LogP contribution is 2.35. The predicted molar refractivity (Wildman–Crippen MR) is 177 cm³/mol. The predicted octanol–water partition coefficient (Wildman–Crippen LogP) is 6.11. The van der Waals surface area contributed by atoms with Crippen LogP contribution in [-0.2, 0) is 14.3 Å². The molecule has 9 heteroatoms. The first-order valence-corrected chi connectivity index (χ1v) is 15.8. The van der Waals surface area contributed by atoms with Crippen LogP contribution in [0.3, 0.4) is 0 Å². The number of rotatable bonds is 8. The third-order valence-corrected chi connectivity index (χ3v) is 8.74. The summed E-state index contributed by atoms with van der Waals surface area (Å²) in [5, 5.41) is 0. The number of hydrogen-bond donors (Lipinski definition) is 0. The van der Waals surface area contributed by atoms with Crippen LogP contribution in [-0.4, -0.2) is 30.2 Å². The third kappa shape index (κ3) is 5.89. The van der Waals surface area contributed by atoms with Crippen molar-refractivity contribution < 1.29 is 23.5 Å². The highest BCUT2D eigenvalue weighted by atomic mass is 32.1. The first kappa shape index (κ1) is 30.7. The lowest BCUT2D eigenvalue weighted by molar-refractivity contribution is -0.138. The Morgan fingerprint density at radius 1 is 0.957 bits per heavy atom. The standard InChI is InChI=1S/C37H32N2O6S/c1-5-44-36(42)31-32(24-10-7-6-8-11-24)38-37-39(33(31)25-16-14-23(15-17-25)22(2)3)34(40)30(46-37)21-28-18-19-29(45-28)26-12-9-13-27(20-26)35(41)43-4/h6-22,33H,5H2,1-4H3/b30-21-/t33-/m0/s1. The number of carbonyl (C=O) groups excluding carboxylic acids is 2. The van der Waals surface area contributed by atoms with Gasteiger partial charge < -0.3 is 13.9 Å². The average Bonchev–Trinajstić information content (AvgIpc) is 3.68.